The molecule has 3 rings (SSSR count). The average molecular weight is 343 g/mol. The molecule has 0 aliphatic carbocycles. The van der Waals surface area contributed by atoms with Crippen molar-refractivity contribution in [2.75, 3.05) is 0 Å². The van der Waals surface area contributed by atoms with Gasteiger partial charge in [-0.1, -0.05) is 45.0 Å². The van der Waals surface area contributed by atoms with Crippen LogP contribution in [0, 0.1) is 0 Å². The third kappa shape index (κ3) is 3.06. The van der Waals surface area contributed by atoms with Gasteiger partial charge < -0.3 is 10.6 Å². The number of nitrogens with zero attached hydrogens (tertiary/aromatic N) is 2. The van der Waals surface area contributed by atoms with Gasteiger partial charge in [-0.15, -0.1) is 11.3 Å². The summed E-state index contributed by atoms with van der Waals surface area (Å²) in [4.78, 5) is 30.8. The van der Waals surface area contributed by atoms with Crippen molar-refractivity contribution in [3.05, 3.63) is 51.5 Å². The van der Waals surface area contributed by atoms with Crippen molar-refractivity contribution in [3.63, 3.8) is 0 Å². The summed E-state index contributed by atoms with van der Waals surface area (Å²) in [7, 11) is 0. The van der Waals surface area contributed by atoms with E-state index in [1.54, 1.807) is 10.3 Å². The molecule has 2 aromatic rings. The van der Waals surface area contributed by atoms with E-state index in [1.165, 1.54) is 11.3 Å². The van der Waals surface area contributed by atoms with Crippen LogP contribution in [0.2, 0.25) is 0 Å². The maximum atomic E-state index is 12.9. The van der Waals surface area contributed by atoms with E-state index in [-0.39, 0.29) is 11.3 Å². The SMILES string of the molecule is CC(C)(C)c1nc(C(=O)N2Cc3ccccc3C[C@H]2C(N)=O)cs1. The Morgan fingerprint density at radius 2 is 1.92 bits per heavy atom. The third-order valence-corrected chi connectivity index (χ3v) is 5.47. The van der Waals surface area contributed by atoms with E-state index in [0.29, 0.717) is 18.7 Å². The number of benzene rings is 1. The number of primary amides is 1. The Bertz CT molecular complexity index is 792. The lowest BCUT2D eigenvalue weighted by atomic mass is 9.93. The first kappa shape index (κ1) is 16.6. The lowest BCUT2D eigenvalue weighted by molar-refractivity contribution is -0.122. The zero-order chi connectivity index (χ0) is 17.5. The zero-order valence-corrected chi connectivity index (χ0v) is 14.9. The summed E-state index contributed by atoms with van der Waals surface area (Å²) in [5, 5.41) is 2.67. The Morgan fingerprint density at radius 1 is 1.25 bits per heavy atom. The molecule has 2 heterocycles. The first-order valence-electron chi connectivity index (χ1n) is 7.90. The number of nitrogens with two attached hydrogens (primary N) is 1. The molecule has 0 radical (unpaired) electrons. The van der Waals surface area contributed by atoms with Gasteiger partial charge in [0.25, 0.3) is 5.91 Å². The van der Waals surface area contributed by atoms with Crippen molar-refractivity contribution in [1.82, 2.24) is 9.88 Å². The summed E-state index contributed by atoms with van der Waals surface area (Å²) in [5.74, 6) is -0.718. The maximum Gasteiger partial charge on any atom is 0.274 e. The fraction of sp³-hybridized carbons (Fsp3) is 0.389. The number of hydrogen-bond acceptors (Lipinski definition) is 4. The molecule has 0 saturated carbocycles. The van der Waals surface area contributed by atoms with E-state index in [0.717, 1.165) is 16.1 Å². The average Bonchev–Trinajstić information content (AvgIpc) is 3.03. The third-order valence-electron chi connectivity index (χ3n) is 4.20. The van der Waals surface area contributed by atoms with Crippen LogP contribution < -0.4 is 5.73 Å². The minimum absolute atomic E-state index is 0.110. The molecule has 1 atom stereocenters. The molecule has 0 unspecified atom stereocenters. The second-order valence-corrected chi connectivity index (χ2v) is 7.97. The quantitative estimate of drug-likeness (QED) is 0.910. The molecule has 1 aliphatic heterocycles. The van der Waals surface area contributed by atoms with E-state index in [1.807, 2.05) is 24.3 Å². The summed E-state index contributed by atoms with van der Waals surface area (Å²) in [5.41, 5.74) is 7.95. The summed E-state index contributed by atoms with van der Waals surface area (Å²) in [6, 6.07) is 7.20. The second kappa shape index (κ2) is 6.02. The van der Waals surface area contributed by atoms with Gasteiger partial charge in [0.1, 0.15) is 11.7 Å². The number of hydrogen-bond donors (Lipinski definition) is 1. The minimum atomic E-state index is -0.632. The smallest absolute Gasteiger partial charge is 0.274 e. The van der Waals surface area contributed by atoms with Gasteiger partial charge in [-0.05, 0) is 11.1 Å². The maximum absolute atomic E-state index is 12.9. The standard InChI is InChI=1S/C18H21N3O2S/c1-18(2,3)17-20-13(10-24-17)16(23)21-9-12-7-5-4-6-11(12)8-14(21)15(19)22/h4-7,10,14H,8-9H2,1-3H3,(H2,19,22)/t14-/m0/s1. The van der Waals surface area contributed by atoms with E-state index in [9.17, 15) is 9.59 Å². The van der Waals surface area contributed by atoms with Gasteiger partial charge in [-0.2, -0.15) is 0 Å². The molecule has 5 nitrogen and oxygen atoms in total. The minimum Gasteiger partial charge on any atom is -0.368 e. The van der Waals surface area contributed by atoms with Crippen LogP contribution in [-0.4, -0.2) is 27.7 Å². The predicted octanol–water partition coefficient (Wildman–Crippen LogP) is 2.49. The van der Waals surface area contributed by atoms with Crippen molar-refractivity contribution < 1.29 is 9.59 Å². The largest absolute Gasteiger partial charge is 0.368 e. The molecule has 0 spiro atoms. The molecular weight excluding hydrogens is 322 g/mol. The Hall–Kier alpha value is -2.21. The van der Waals surface area contributed by atoms with Crippen LogP contribution >= 0.6 is 11.3 Å². The first-order valence-corrected chi connectivity index (χ1v) is 8.78. The molecular formula is C18H21N3O2S. The van der Waals surface area contributed by atoms with E-state index in [2.05, 4.69) is 25.8 Å². The Kier molecular flexibility index (Phi) is 4.17. The number of fused-ring (bicyclic) bond motifs is 1. The van der Waals surface area contributed by atoms with Crippen LogP contribution in [0.4, 0.5) is 0 Å². The molecule has 1 aromatic carbocycles. The van der Waals surface area contributed by atoms with Crippen LogP contribution in [0.3, 0.4) is 0 Å². The fourth-order valence-electron chi connectivity index (χ4n) is 2.85. The first-order chi connectivity index (χ1) is 11.3. The highest BCUT2D eigenvalue weighted by Gasteiger charge is 2.35. The molecule has 0 saturated heterocycles. The molecule has 6 heteroatoms. The van der Waals surface area contributed by atoms with Crippen molar-refractivity contribution >= 4 is 23.2 Å². The summed E-state index contributed by atoms with van der Waals surface area (Å²) in [6.07, 6.45) is 0.452. The van der Waals surface area contributed by atoms with Gasteiger partial charge in [-0.25, -0.2) is 4.98 Å². The van der Waals surface area contributed by atoms with E-state index >= 15 is 0 Å². The molecule has 2 amide bonds. The highest BCUT2D eigenvalue weighted by Crippen LogP contribution is 2.28. The van der Waals surface area contributed by atoms with Crippen LogP contribution in [0.25, 0.3) is 0 Å². The van der Waals surface area contributed by atoms with Crippen molar-refractivity contribution in [1.29, 1.82) is 0 Å². The highest BCUT2D eigenvalue weighted by atomic mass is 32.1. The predicted molar refractivity (Wildman–Crippen MR) is 93.8 cm³/mol. The van der Waals surface area contributed by atoms with Crippen molar-refractivity contribution in [2.45, 2.75) is 45.2 Å². The van der Waals surface area contributed by atoms with Crippen LogP contribution in [-0.2, 0) is 23.2 Å². The van der Waals surface area contributed by atoms with Crippen molar-refractivity contribution in [2.24, 2.45) is 5.73 Å². The second-order valence-electron chi connectivity index (χ2n) is 7.11. The molecule has 2 N–H and O–H groups in total. The number of carbonyl (C=O) groups excluding carboxylic acids is 2. The summed E-state index contributed by atoms with van der Waals surface area (Å²) in [6.45, 7) is 6.56. The Morgan fingerprint density at radius 3 is 2.50 bits per heavy atom. The van der Waals surface area contributed by atoms with Crippen LogP contribution in [0.5, 0.6) is 0 Å². The molecule has 0 fully saturated rings. The van der Waals surface area contributed by atoms with Crippen molar-refractivity contribution in [3.8, 4) is 0 Å². The number of aromatic nitrogens is 1. The number of thiazole rings is 1. The molecule has 0 bridgehead atoms. The molecule has 126 valence electrons. The summed E-state index contributed by atoms with van der Waals surface area (Å²) < 4.78 is 0. The van der Waals surface area contributed by atoms with Gasteiger partial charge in [0.2, 0.25) is 5.91 Å². The van der Waals surface area contributed by atoms with Crippen LogP contribution in [0.15, 0.2) is 29.6 Å². The highest BCUT2D eigenvalue weighted by molar-refractivity contribution is 7.10. The fourth-order valence-corrected chi connectivity index (χ4v) is 3.74. The number of amides is 2. The topological polar surface area (TPSA) is 76.3 Å². The normalized spacial score (nSPS) is 17.5. The monoisotopic (exact) mass is 343 g/mol. The lowest BCUT2D eigenvalue weighted by Crippen LogP contribution is -2.51. The van der Waals surface area contributed by atoms with Gasteiger partial charge in [0, 0.05) is 23.8 Å². The molecule has 24 heavy (non-hydrogen) atoms. The van der Waals surface area contributed by atoms with Gasteiger partial charge in [-0.3, -0.25) is 9.59 Å². The molecule has 1 aromatic heterocycles. The number of rotatable bonds is 2. The lowest BCUT2D eigenvalue weighted by Gasteiger charge is -2.34. The van der Waals surface area contributed by atoms with Gasteiger partial charge in [0.15, 0.2) is 0 Å². The zero-order valence-electron chi connectivity index (χ0n) is 14.1. The summed E-state index contributed by atoms with van der Waals surface area (Å²) >= 11 is 1.47. The Balaban J connectivity index is 1.93. The van der Waals surface area contributed by atoms with Crippen LogP contribution in [0.1, 0.15) is 47.4 Å². The number of carbonyl (C=O) groups is 2. The van der Waals surface area contributed by atoms with Gasteiger partial charge >= 0.3 is 0 Å². The van der Waals surface area contributed by atoms with E-state index in [4.69, 9.17) is 5.73 Å². The Labute approximate surface area is 145 Å². The van der Waals surface area contributed by atoms with Gasteiger partial charge in [0.05, 0.1) is 5.01 Å². The van der Waals surface area contributed by atoms with E-state index < -0.39 is 11.9 Å². The molecule has 1 aliphatic rings.